The quantitative estimate of drug-likeness (QED) is 0.557. The van der Waals surface area contributed by atoms with Crippen molar-refractivity contribution in [3.63, 3.8) is 0 Å². The molecule has 26 heavy (non-hydrogen) atoms. The number of rotatable bonds is 6. The average Bonchev–Trinajstić information content (AvgIpc) is 3.14. The fraction of sp³-hybridized carbons (Fsp3) is 0.750. The number of amides is 3. The van der Waals surface area contributed by atoms with Gasteiger partial charge in [0.05, 0.1) is 17.4 Å². The van der Waals surface area contributed by atoms with Crippen LogP contribution in [0.4, 0.5) is 0 Å². The van der Waals surface area contributed by atoms with Gasteiger partial charge in [-0.25, -0.2) is 0 Å². The molecule has 0 radical (unpaired) electrons. The molecule has 2 aliphatic carbocycles. The lowest BCUT2D eigenvalue weighted by atomic mass is 9.85. The summed E-state index contributed by atoms with van der Waals surface area (Å²) in [6, 6.07) is -0.786. The second-order valence-corrected chi connectivity index (χ2v) is 8.50. The van der Waals surface area contributed by atoms with Crippen molar-refractivity contribution in [3.8, 4) is 0 Å². The Morgan fingerprint density at radius 1 is 1.19 bits per heavy atom. The van der Waals surface area contributed by atoms with Gasteiger partial charge in [0.25, 0.3) is 0 Å². The molecule has 3 amide bonds. The summed E-state index contributed by atoms with van der Waals surface area (Å²) in [4.78, 5) is 39.8. The Morgan fingerprint density at radius 2 is 1.73 bits per heavy atom. The van der Waals surface area contributed by atoms with Gasteiger partial charge in [0, 0.05) is 6.54 Å². The van der Waals surface area contributed by atoms with Crippen molar-refractivity contribution in [1.82, 2.24) is 10.2 Å². The molecule has 0 aromatic rings. The number of allylic oxidation sites excluding steroid dienone is 2. The lowest BCUT2D eigenvalue weighted by Crippen LogP contribution is -2.53. The van der Waals surface area contributed by atoms with Gasteiger partial charge in [0.15, 0.2) is 0 Å². The molecule has 0 aromatic carbocycles. The zero-order valence-corrected chi connectivity index (χ0v) is 15.7. The lowest BCUT2D eigenvalue weighted by molar-refractivity contribution is -0.148. The summed E-state index contributed by atoms with van der Waals surface area (Å²) in [5.74, 6) is -1.24. The monoisotopic (exact) mass is 362 g/mol. The third-order valence-electron chi connectivity index (χ3n) is 5.98. The molecule has 2 fully saturated rings. The van der Waals surface area contributed by atoms with Crippen LogP contribution in [0.15, 0.2) is 12.2 Å². The zero-order chi connectivity index (χ0) is 18.9. The Bertz CT molecular complexity index is 581. The van der Waals surface area contributed by atoms with Gasteiger partial charge in [-0.15, -0.1) is 0 Å². The molecule has 0 unspecified atom stereocenters. The number of carbonyl (C=O) groups is 3. The largest absolute Gasteiger partial charge is 0.388 e. The molecule has 3 aliphatic rings. The van der Waals surface area contributed by atoms with Crippen LogP contribution in [0.25, 0.3) is 0 Å². The molecule has 6 nitrogen and oxygen atoms in total. The SMILES string of the molecule is CC(C)C[C@H](C(=O)NCC1(O)CCCC1)N1C(=O)[C@H]2CC=CC[C@H]2C1=O. The van der Waals surface area contributed by atoms with E-state index in [9.17, 15) is 19.5 Å². The van der Waals surface area contributed by atoms with E-state index >= 15 is 0 Å². The molecule has 1 aliphatic heterocycles. The standard InChI is InChI=1S/C20H30N2O4/c1-13(2)11-16(17(23)21-12-20(26)9-5-6-10-20)22-18(24)14-7-3-4-8-15(14)19(22)25/h3-4,13-16,26H,5-12H2,1-2H3,(H,21,23)/t14-,15+,16-/m1/s1. The first-order valence-electron chi connectivity index (χ1n) is 9.84. The predicted molar refractivity (Wildman–Crippen MR) is 96.9 cm³/mol. The summed E-state index contributed by atoms with van der Waals surface area (Å²) in [5.41, 5.74) is -0.852. The molecular formula is C20H30N2O4. The Kier molecular flexibility index (Phi) is 5.51. The van der Waals surface area contributed by atoms with Crippen molar-refractivity contribution < 1.29 is 19.5 Å². The zero-order valence-electron chi connectivity index (χ0n) is 15.7. The van der Waals surface area contributed by atoms with Crippen molar-refractivity contribution in [3.05, 3.63) is 12.2 Å². The highest BCUT2D eigenvalue weighted by atomic mass is 16.3. The Balaban J connectivity index is 1.74. The summed E-state index contributed by atoms with van der Waals surface area (Å²) < 4.78 is 0. The van der Waals surface area contributed by atoms with E-state index in [1.54, 1.807) is 0 Å². The van der Waals surface area contributed by atoms with E-state index in [2.05, 4.69) is 5.32 Å². The van der Waals surface area contributed by atoms with Gasteiger partial charge in [-0.3, -0.25) is 19.3 Å². The van der Waals surface area contributed by atoms with E-state index < -0.39 is 11.6 Å². The molecule has 0 spiro atoms. The van der Waals surface area contributed by atoms with Gasteiger partial charge in [-0.2, -0.15) is 0 Å². The second kappa shape index (κ2) is 7.51. The van der Waals surface area contributed by atoms with Crippen LogP contribution in [0.3, 0.4) is 0 Å². The van der Waals surface area contributed by atoms with E-state index in [1.807, 2.05) is 26.0 Å². The number of nitrogens with one attached hydrogen (secondary N) is 1. The van der Waals surface area contributed by atoms with Crippen LogP contribution < -0.4 is 5.32 Å². The van der Waals surface area contributed by atoms with Gasteiger partial charge in [0.1, 0.15) is 6.04 Å². The molecule has 2 N–H and O–H groups in total. The molecule has 0 bridgehead atoms. The minimum absolute atomic E-state index is 0.168. The van der Waals surface area contributed by atoms with Crippen LogP contribution in [0, 0.1) is 17.8 Å². The van der Waals surface area contributed by atoms with Crippen LogP contribution in [0.5, 0.6) is 0 Å². The number of imide groups is 1. The van der Waals surface area contributed by atoms with Crippen molar-refractivity contribution in [2.24, 2.45) is 17.8 Å². The summed E-state index contributed by atoms with van der Waals surface area (Å²) >= 11 is 0. The van der Waals surface area contributed by atoms with Crippen LogP contribution in [-0.2, 0) is 14.4 Å². The minimum atomic E-state index is -0.852. The normalized spacial score (nSPS) is 28.5. The number of hydrogen-bond acceptors (Lipinski definition) is 4. The van der Waals surface area contributed by atoms with Crippen molar-refractivity contribution in [2.75, 3.05) is 6.54 Å². The van der Waals surface area contributed by atoms with E-state index in [4.69, 9.17) is 0 Å². The number of likely N-dealkylation sites (tertiary alicyclic amines) is 1. The van der Waals surface area contributed by atoms with Crippen LogP contribution >= 0.6 is 0 Å². The van der Waals surface area contributed by atoms with Crippen LogP contribution in [-0.4, -0.2) is 45.9 Å². The Hall–Kier alpha value is -1.69. The van der Waals surface area contributed by atoms with Crippen LogP contribution in [0.2, 0.25) is 0 Å². The van der Waals surface area contributed by atoms with E-state index in [0.717, 1.165) is 12.8 Å². The number of carbonyl (C=O) groups excluding carboxylic acids is 3. The third kappa shape index (κ3) is 3.70. The molecule has 1 heterocycles. The summed E-state index contributed by atoms with van der Waals surface area (Å²) in [6.45, 7) is 4.14. The molecule has 3 atom stereocenters. The molecule has 144 valence electrons. The molecule has 1 saturated heterocycles. The summed E-state index contributed by atoms with van der Waals surface area (Å²) in [6.07, 6.45) is 8.76. The summed E-state index contributed by atoms with van der Waals surface area (Å²) in [7, 11) is 0. The van der Waals surface area contributed by atoms with Crippen molar-refractivity contribution in [2.45, 2.75) is 70.4 Å². The summed E-state index contributed by atoms with van der Waals surface area (Å²) in [5, 5.41) is 13.3. The number of aliphatic hydroxyl groups is 1. The van der Waals surface area contributed by atoms with Crippen LogP contribution in [0.1, 0.15) is 58.8 Å². The average molecular weight is 362 g/mol. The molecule has 6 heteroatoms. The third-order valence-corrected chi connectivity index (χ3v) is 5.98. The first-order chi connectivity index (χ1) is 12.3. The first-order valence-corrected chi connectivity index (χ1v) is 9.84. The number of nitrogens with zero attached hydrogens (tertiary/aromatic N) is 1. The van der Waals surface area contributed by atoms with E-state index in [-0.39, 0.29) is 42.0 Å². The Labute approximate surface area is 155 Å². The highest BCUT2D eigenvalue weighted by Gasteiger charge is 2.51. The second-order valence-electron chi connectivity index (χ2n) is 8.50. The van der Waals surface area contributed by atoms with Gasteiger partial charge in [-0.1, -0.05) is 38.8 Å². The highest BCUT2D eigenvalue weighted by Crippen LogP contribution is 2.37. The molecular weight excluding hydrogens is 332 g/mol. The van der Waals surface area contributed by atoms with Gasteiger partial charge >= 0.3 is 0 Å². The van der Waals surface area contributed by atoms with Gasteiger partial charge in [0.2, 0.25) is 17.7 Å². The maximum absolute atomic E-state index is 12.9. The number of hydrogen-bond donors (Lipinski definition) is 2. The van der Waals surface area contributed by atoms with Crippen molar-refractivity contribution >= 4 is 17.7 Å². The lowest BCUT2D eigenvalue weighted by Gasteiger charge is -2.29. The minimum Gasteiger partial charge on any atom is -0.388 e. The highest BCUT2D eigenvalue weighted by molar-refractivity contribution is 6.08. The Morgan fingerprint density at radius 3 is 2.23 bits per heavy atom. The fourth-order valence-electron chi connectivity index (χ4n) is 4.49. The van der Waals surface area contributed by atoms with Crippen molar-refractivity contribution in [1.29, 1.82) is 0 Å². The van der Waals surface area contributed by atoms with E-state index in [1.165, 1.54) is 4.90 Å². The first kappa shape index (κ1) is 19.1. The molecule has 3 rings (SSSR count). The number of fused-ring (bicyclic) bond motifs is 1. The topological polar surface area (TPSA) is 86.7 Å². The maximum atomic E-state index is 12.9. The van der Waals surface area contributed by atoms with E-state index in [0.29, 0.717) is 32.1 Å². The fourth-order valence-corrected chi connectivity index (χ4v) is 4.49. The molecule has 0 aromatic heterocycles. The van der Waals surface area contributed by atoms with Gasteiger partial charge in [-0.05, 0) is 38.0 Å². The van der Waals surface area contributed by atoms with Gasteiger partial charge < -0.3 is 10.4 Å². The maximum Gasteiger partial charge on any atom is 0.243 e. The smallest absolute Gasteiger partial charge is 0.243 e. The molecule has 1 saturated carbocycles. The predicted octanol–water partition coefficient (Wildman–Crippen LogP) is 1.77.